The van der Waals surface area contributed by atoms with E-state index in [9.17, 15) is 13.2 Å². The van der Waals surface area contributed by atoms with E-state index in [4.69, 9.17) is 16.3 Å². The predicted octanol–water partition coefficient (Wildman–Crippen LogP) is 4.47. The molecule has 1 atom stereocenters. The number of rotatable bonds is 8. The smallest absolute Gasteiger partial charge is 0.229 e. The van der Waals surface area contributed by atoms with Gasteiger partial charge in [-0.05, 0) is 36.6 Å². The van der Waals surface area contributed by atoms with Crippen LogP contribution in [-0.4, -0.2) is 44.3 Å². The molecular formula is C22H23ClN2O4S2. The van der Waals surface area contributed by atoms with Crippen molar-refractivity contribution in [1.29, 1.82) is 0 Å². The maximum Gasteiger partial charge on any atom is 0.229 e. The molecule has 9 heteroatoms. The third-order valence-corrected chi connectivity index (χ3v) is 8.01. The molecule has 2 aromatic carbocycles. The van der Waals surface area contributed by atoms with Gasteiger partial charge in [0.05, 0.1) is 34.4 Å². The highest BCUT2D eigenvalue weighted by Gasteiger charge is 2.27. The van der Waals surface area contributed by atoms with Gasteiger partial charge in [0.25, 0.3) is 0 Å². The van der Waals surface area contributed by atoms with Gasteiger partial charge < -0.3 is 4.74 Å². The third-order valence-electron chi connectivity index (χ3n) is 5.14. The van der Waals surface area contributed by atoms with Crippen molar-refractivity contribution in [2.45, 2.75) is 31.1 Å². The number of carbonyl (C=O) groups excluding carboxylic acids is 1. The Balaban J connectivity index is 1.50. The lowest BCUT2D eigenvalue weighted by atomic mass is 10.2. The number of fused-ring (bicyclic) bond motifs is 1. The Morgan fingerprint density at radius 1 is 1.23 bits per heavy atom. The largest absolute Gasteiger partial charge is 0.376 e. The first kappa shape index (κ1) is 22.2. The van der Waals surface area contributed by atoms with E-state index in [1.54, 1.807) is 35.2 Å². The fraction of sp³-hybridized carbons (Fsp3) is 0.364. The summed E-state index contributed by atoms with van der Waals surface area (Å²) in [5.74, 6) is -0.552. The van der Waals surface area contributed by atoms with Gasteiger partial charge in [-0.25, -0.2) is 13.4 Å². The van der Waals surface area contributed by atoms with E-state index in [2.05, 4.69) is 4.98 Å². The number of halogens is 1. The van der Waals surface area contributed by atoms with E-state index in [0.717, 1.165) is 23.1 Å². The quantitative estimate of drug-likeness (QED) is 0.477. The summed E-state index contributed by atoms with van der Waals surface area (Å²) in [6.45, 7) is 1.04. The van der Waals surface area contributed by atoms with Crippen molar-refractivity contribution in [3.8, 4) is 0 Å². The van der Waals surface area contributed by atoms with Gasteiger partial charge in [0.1, 0.15) is 0 Å². The summed E-state index contributed by atoms with van der Waals surface area (Å²) in [7, 11) is -3.42. The number of sulfone groups is 1. The molecule has 0 saturated carbocycles. The fourth-order valence-electron chi connectivity index (χ4n) is 3.56. The molecule has 1 aliphatic heterocycles. The van der Waals surface area contributed by atoms with E-state index in [1.165, 1.54) is 11.3 Å². The molecule has 164 valence electrons. The van der Waals surface area contributed by atoms with Crippen LogP contribution in [0.15, 0.2) is 48.5 Å². The molecule has 2 heterocycles. The maximum absolute atomic E-state index is 13.1. The summed E-state index contributed by atoms with van der Waals surface area (Å²) in [5, 5.41) is 1.14. The number of ether oxygens (including phenoxy) is 1. The summed E-state index contributed by atoms with van der Waals surface area (Å²) in [6.07, 6.45) is 1.65. The second-order valence-corrected chi connectivity index (χ2v) is 11.2. The second kappa shape index (κ2) is 9.65. The Bertz CT molecular complexity index is 1160. The molecule has 0 bridgehead atoms. The molecule has 1 fully saturated rings. The minimum absolute atomic E-state index is 0.0690. The van der Waals surface area contributed by atoms with Crippen LogP contribution >= 0.6 is 22.9 Å². The molecule has 0 radical (unpaired) electrons. The molecular weight excluding hydrogens is 456 g/mol. The van der Waals surface area contributed by atoms with Crippen LogP contribution in [0.25, 0.3) is 10.2 Å². The van der Waals surface area contributed by atoms with Gasteiger partial charge in [0.15, 0.2) is 15.0 Å². The number of nitrogens with zero attached hydrogens (tertiary/aromatic N) is 2. The minimum Gasteiger partial charge on any atom is -0.376 e. The standard InChI is InChI=1S/C22H23ClN2O4S2/c23-17-8-9-19-20(13-17)30-22(24-19)25(14-18-7-4-11-29-18)21(26)10-12-31(27,28)15-16-5-2-1-3-6-16/h1-3,5-6,8-9,13,18H,4,7,10-12,14-15H2. The van der Waals surface area contributed by atoms with Gasteiger partial charge in [-0.2, -0.15) is 0 Å². The average Bonchev–Trinajstić information content (AvgIpc) is 3.40. The van der Waals surface area contributed by atoms with E-state index >= 15 is 0 Å². The molecule has 0 N–H and O–H groups in total. The van der Waals surface area contributed by atoms with Crippen molar-refractivity contribution >= 4 is 54.0 Å². The van der Waals surface area contributed by atoms with Crippen LogP contribution in [-0.2, 0) is 25.1 Å². The molecule has 1 amide bonds. The van der Waals surface area contributed by atoms with Gasteiger partial charge in [0.2, 0.25) is 5.91 Å². The highest BCUT2D eigenvalue weighted by molar-refractivity contribution is 7.90. The van der Waals surface area contributed by atoms with Crippen LogP contribution in [0.4, 0.5) is 5.13 Å². The first-order valence-electron chi connectivity index (χ1n) is 10.1. The van der Waals surface area contributed by atoms with Crippen LogP contribution < -0.4 is 4.90 Å². The molecule has 3 aromatic rings. The third kappa shape index (κ3) is 5.83. The number of hydrogen-bond donors (Lipinski definition) is 0. The molecule has 1 saturated heterocycles. The van der Waals surface area contributed by atoms with Crippen molar-refractivity contribution < 1.29 is 17.9 Å². The van der Waals surface area contributed by atoms with Gasteiger partial charge in [0, 0.05) is 18.1 Å². The Morgan fingerprint density at radius 3 is 2.77 bits per heavy atom. The van der Waals surface area contributed by atoms with Gasteiger partial charge in [-0.3, -0.25) is 9.69 Å². The van der Waals surface area contributed by atoms with Crippen LogP contribution in [0.2, 0.25) is 5.02 Å². The first-order valence-corrected chi connectivity index (χ1v) is 13.1. The zero-order chi connectivity index (χ0) is 21.8. The van der Waals surface area contributed by atoms with Crippen molar-refractivity contribution in [1.82, 2.24) is 4.98 Å². The number of aromatic nitrogens is 1. The summed E-state index contributed by atoms with van der Waals surface area (Å²) >= 11 is 7.46. The van der Waals surface area contributed by atoms with Crippen LogP contribution in [0, 0.1) is 0 Å². The van der Waals surface area contributed by atoms with Crippen LogP contribution in [0.1, 0.15) is 24.8 Å². The molecule has 31 heavy (non-hydrogen) atoms. The van der Waals surface area contributed by atoms with Crippen molar-refractivity contribution in [3.63, 3.8) is 0 Å². The van der Waals surface area contributed by atoms with Crippen LogP contribution in [0.3, 0.4) is 0 Å². The topological polar surface area (TPSA) is 76.6 Å². The van der Waals surface area contributed by atoms with Crippen molar-refractivity contribution in [2.75, 3.05) is 23.8 Å². The van der Waals surface area contributed by atoms with E-state index < -0.39 is 9.84 Å². The monoisotopic (exact) mass is 478 g/mol. The normalized spacial score (nSPS) is 16.6. The summed E-state index contributed by atoms with van der Waals surface area (Å²) in [6, 6.07) is 14.4. The number of hydrogen-bond acceptors (Lipinski definition) is 6. The molecule has 6 nitrogen and oxygen atoms in total. The Kier molecular flexibility index (Phi) is 6.91. The van der Waals surface area contributed by atoms with E-state index in [1.807, 2.05) is 18.2 Å². The zero-order valence-corrected chi connectivity index (χ0v) is 19.3. The van der Waals surface area contributed by atoms with Gasteiger partial charge >= 0.3 is 0 Å². The lowest BCUT2D eigenvalue weighted by molar-refractivity contribution is -0.118. The molecule has 1 aliphatic rings. The maximum atomic E-state index is 13.1. The lowest BCUT2D eigenvalue weighted by Gasteiger charge is -2.23. The van der Waals surface area contributed by atoms with Gasteiger partial charge in [-0.1, -0.05) is 53.3 Å². The van der Waals surface area contributed by atoms with Gasteiger partial charge in [-0.15, -0.1) is 0 Å². The molecule has 1 unspecified atom stereocenters. The number of anilines is 1. The van der Waals surface area contributed by atoms with Crippen molar-refractivity contribution in [3.05, 3.63) is 59.1 Å². The van der Waals surface area contributed by atoms with E-state index in [-0.39, 0.29) is 29.9 Å². The number of carbonyl (C=O) groups is 1. The Morgan fingerprint density at radius 2 is 2.03 bits per heavy atom. The Hall–Kier alpha value is -2.00. The average molecular weight is 479 g/mol. The minimum atomic E-state index is -3.42. The predicted molar refractivity (Wildman–Crippen MR) is 125 cm³/mol. The number of amides is 1. The number of thiazole rings is 1. The molecule has 0 aliphatic carbocycles. The molecule has 1 aromatic heterocycles. The zero-order valence-electron chi connectivity index (χ0n) is 16.9. The van der Waals surface area contributed by atoms with Crippen LogP contribution in [0.5, 0.6) is 0 Å². The Labute approximate surface area is 190 Å². The summed E-state index contributed by atoms with van der Waals surface area (Å²) in [5.41, 5.74) is 1.47. The summed E-state index contributed by atoms with van der Waals surface area (Å²) in [4.78, 5) is 19.3. The summed E-state index contributed by atoms with van der Waals surface area (Å²) < 4.78 is 31.7. The van der Waals surface area contributed by atoms with Crippen molar-refractivity contribution in [2.24, 2.45) is 0 Å². The highest BCUT2D eigenvalue weighted by atomic mass is 35.5. The first-order chi connectivity index (χ1) is 14.9. The lowest BCUT2D eigenvalue weighted by Crippen LogP contribution is -2.38. The molecule has 4 rings (SSSR count). The molecule has 0 spiro atoms. The SMILES string of the molecule is O=C(CCS(=O)(=O)Cc1ccccc1)N(CC1CCCO1)c1nc2ccc(Cl)cc2s1. The highest BCUT2D eigenvalue weighted by Crippen LogP contribution is 2.32. The van der Waals surface area contributed by atoms with E-state index in [0.29, 0.717) is 28.9 Å². The fourth-order valence-corrected chi connectivity index (χ4v) is 6.16. The number of benzene rings is 2. The second-order valence-electron chi connectivity index (χ2n) is 7.58.